The molecule has 0 spiro atoms. The molecule has 1 atom stereocenters. The van der Waals surface area contributed by atoms with Crippen molar-refractivity contribution in [1.29, 1.82) is 0 Å². The summed E-state index contributed by atoms with van der Waals surface area (Å²) in [5, 5.41) is 3.55. The summed E-state index contributed by atoms with van der Waals surface area (Å²) >= 11 is 1.51. The predicted octanol–water partition coefficient (Wildman–Crippen LogP) is 4.77. The van der Waals surface area contributed by atoms with E-state index in [0.29, 0.717) is 35.9 Å². The van der Waals surface area contributed by atoms with Crippen molar-refractivity contribution >= 4 is 28.2 Å². The van der Waals surface area contributed by atoms with Crippen LogP contribution in [-0.4, -0.2) is 25.6 Å². The second kappa shape index (κ2) is 9.24. The van der Waals surface area contributed by atoms with Crippen LogP contribution < -0.4 is 10.1 Å². The van der Waals surface area contributed by atoms with Crippen molar-refractivity contribution in [2.24, 2.45) is 5.92 Å². The lowest BCUT2D eigenvalue weighted by molar-refractivity contribution is -0.116. The van der Waals surface area contributed by atoms with Crippen molar-refractivity contribution in [2.75, 3.05) is 19.0 Å². The molecule has 3 rings (SSSR count). The molecular formula is C22H27NO4S. The zero-order valence-corrected chi connectivity index (χ0v) is 17.5. The third-order valence-electron chi connectivity index (χ3n) is 4.96. The fourth-order valence-corrected chi connectivity index (χ4v) is 4.89. The summed E-state index contributed by atoms with van der Waals surface area (Å²) in [7, 11) is 1.38. The average molecular weight is 402 g/mol. The molecule has 1 amide bonds. The summed E-state index contributed by atoms with van der Waals surface area (Å²) in [4.78, 5) is 25.9. The number of esters is 1. The molecule has 28 heavy (non-hydrogen) atoms. The Hall–Kier alpha value is -2.34. The highest BCUT2D eigenvalue weighted by Crippen LogP contribution is 2.40. The Balaban J connectivity index is 1.58. The highest BCUT2D eigenvalue weighted by Gasteiger charge is 2.28. The van der Waals surface area contributed by atoms with Crippen molar-refractivity contribution in [1.82, 2.24) is 0 Å². The molecule has 1 aromatic heterocycles. The number of benzene rings is 1. The molecule has 1 unspecified atom stereocenters. The van der Waals surface area contributed by atoms with Crippen molar-refractivity contribution in [3.8, 4) is 5.75 Å². The van der Waals surface area contributed by atoms with Gasteiger partial charge >= 0.3 is 5.97 Å². The standard InChI is InChI=1S/C22H27NO4S/c1-14-6-4-7-16(12-14)27-11-5-8-19(24)23-21-20(22(25)26-3)17-10-9-15(2)13-18(17)28-21/h4,6-7,12,15H,5,8-11,13H2,1-3H3,(H,23,24). The summed E-state index contributed by atoms with van der Waals surface area (Å²) in [6, 6.07) is 7.85. The molecule has 0 radical (unpaired) electrons. The number of amides is 1. The van der Waals surface area contributed by atoms with Crippen LogP contribution in [0.5, 0.6) is 5.75 Å². The van der Waals surface area contributed by atoms with Gasteiger partial charge in [-0.3, -0.25) is 4.79 Å². The van der Waals surface area contributed by atoms with E-state index < -0.39 is 0 Å². The first kappa shape index (κ1) is 20.4. The number of hydrogen-bond acceptors (Lipinski definition) is 5. The lowest BCUT2D eigenvalue weighted by Crippen LogP contribution is -2.16. The van der Waals surface area contributed by atoms with Crippen LogP contribution in [0.4, 0.5) is 5.00 Å². The zero-order valence-electron chi connectivity index (χ0n) is 16.7. The van der Waals surface area contributed by atoms with Crippen LogP contribution in [0.1, 0.15) is 52.5 Å². The number of ether oxygens (including phenoxy) is 2. The van der Waals surface area contributed by atoms with Crippen LogP contribution in [0, 0.1) is 12.8 Å². The van der Waals surface area contributed by atoms with Gasteiger partial charge in [-0.05, 0) is 61.8 Å². The van der Waals surface area contributed by atoms with E-state index in [0.717, 1.165) is 36.1 Å². The third-order valence-corrected chi connectivity index (χ3v) is 6.13. The Morgan fingerprint density at radius 3 is 2.89 bits per heavy atom. The molecule has 1 heterocycles. The molecule has 2 aromatic rings. The van der Waals surface area contributed by atoms with E-state index in [1.54, 1.807) is 0 Å². The van der Waals surface area contributed by atoms with E-state index in [1.165, 1.54) is 23.3 Å². The van der Waals surface area contributed by atoms with E-state index in [2.05, 4.69) is 12.2 Å². The maximum absolute atomic E-state index is 12.4. The van der Waals surface area contributed by atoms with Crippen LogP contribution >= 0.6 is 11.3 Å². The number of aryl methyl sites for hydroxylation is 1. The molecule has 0 fully saturated rings. The molecule has 1 aromatic carbocycles. The van der Waals surface area contributed by atoms with Crippen molar-refractivity contribution < 1.29 is 19.1 Å². The van der Waals surface area contributed by atoms with Crippen molar-refractivity contribution in [2.45, 2.75) is 46.0 Å². The van der Waals surface area contributed by atoms with Gasteiger partial charge in [0.05, 0.1) is 19.3 Å². The Labute approximate surface area is 170 Å². The first-order chi connectivity index (χ1) is 13.5. The largest absolute Gasteiger partial charge is 0.494 e. The second-order valence-electron chi connectivity index (χ2n) is 7.36. The topological polar surface area (TPSA) is 64.6 Å². The van der Waals surface area contributed by atoms with Gasteiger partial charge in [-0.1, -0.05) is 19.1 Å². The number of anilines is 1. The van der Waals surface area contributed by atoms with Gasteiger partial charge in [-0.2, -0.15) is 0 Å². The number of rotatable bonds is 7. The quantitative estimate of drug-likeness (QED) is 0.536. The lowest BCUT2D eigenvalue weighted by atomic mass is 9.88. The normalized spacial score (nSPS) is 15.6. The number of methoxy groups -OCH3 is 1. The maximum atomic E-state index is 12.4. The minimum absolute atomic E-state index is 0.107. The first-order valence-corrected chi connectivity index (χ1v) is 10.5. The molecule has 0 aliphatic heterocycles. The van der Waals surface area contributed by atoms with E-state index >= 15 is 0 Å². The fraction of sp³-hybridized carbons (Fsp3) is 0.455. The molecule has 1 aliphatic rings. The molecule has 150 valence electrons. The Morgan fingerprint density at radius 2 is 2.14 bits per heavy atom. The number of carbonyl (C=O) groups excluding carboxylic acids is 2. The fourth-order valence-electron chi connectivity index (χ4n) is 3.47. The van der Waals surface area contributed by atoms with Crippen molar-refractivity contribution in [3.63, 3.8) is 0 Å². The second-order valence-corrected chi connectivity index (χ2v) is 8.47. The van der Waals surface area contributed by atoms with Gasteiger partial charge < -0.3 is 14.8 Å². The molecular weight excluding hydrogens is 374 g/mol. The number of hydrogen-bond donors (Lipinski definition) is 1. The molecule has 0 bridgehead atoms. The summed E-state index contributed by atoms with van der Waals surface area (Å²) in [6.07, 6.45) is 3.81. The number of fused-ring (bicyclic) bond motifs is 1. The summed E-state index contributed by atoms with van der Waals surface area (Å²) in [5.74, 6) is 0.933. The summed E-state index contributed by atoms with van der Waals surface area (Å²) < 4.78 is 10.7. The van der Waals surface area contributed by atoms with E-state index in [1.807, 2.05) is 31.2 Å². The van der Waals surface area contributed by atoms with Gasteiger partial charge in [0, 0.05) is 11.3 Å². The van der Waals surface area contributed by atoms with Gasteiger partial charge in [0.1, 0.15) is 10.8 Å². The van der Waals surface area contributed by atoms with Crippen LogP contribution in [0.25, 0.3) is 0 Å². The molecule has 1 aliphatic carbocycles. The Morgan fingerprint density at radius 1 is 1.32 bits per heavy atom. The van der Waals surface area contributed by atoms with E-state index in [-0.39, 0.29) is 11.9 Å². The van der Waals surface area contributed by atoms with Gasteiger partial charge in [-0.25, -0.2) is 4.79 Å². The van der Waals surface area contributed by atoms with E-state index in [4.69, 9.17) is 9.47 Å². The minimum atomic E-state index is -0.370. The summed E-state index contributed by atoms with van der Waals surface area (Å²) in [6.45, 7) is 4.70. The van der Waals surface area contributed by atoms with Gasteiger partial charge in [0.15, 0.2) is 0 Å². The lowest BCUT2D eigenvalue weighted by Gasteiger charge is -2.18. The molecule has 0 saturated heterocycles. The maximum Gasteiger partial charge on any atom is 0.341 e. The van der Waals surface area contributed by atoms with Crippen LogP contribution in [-0.2, 0) is 22.4 Å². The summed E-state index contributed by atoms with van der Waals surface area (Å²) in [5.41, 5.74) is 2.73. The molecule has 6 heteroatoms. The highest BCUT2D eigenvalue weighted by molar-refractivity contribution is 7.17. The van der Waals surface area contributed by atoms with Gasteiger partial charge in [-0.15, -0.1) is 11.3 Å². The number of carbonyl (C=O) groups is 2. The smallest absolute Gasteiger partial charge is 0.341 e. The first-order valence-electron chi connectivity index (χ1n) is 9.70. The SMILES string of the molecule is COC(=O)c1c(NC(=O)CCCOc2cccc(C)c2)sc2c1CCC(C)C2. The number of nitrogens with one attached hydrogen (secondary N) is 1. The monoisotopic (exact) mass is 401 g/mol. The Kier molecular flexibility index (Phi) is 6.73. The van der Waals surface area contributed by atoms with E-state index in [9.17, 15) is 9.59 Å². The van der Waals surface area contributed by atoms with Crippen LogP contribution in [0.2, 0.25) is 0 Å². The van der Waals surface area contributed by atoms with Crippen LogP contribution in [0.3, 0.4) is 0 Å². The number of thiophene rings is 1. The highest BCUT2D eigenvalue weighted by atomic mass is 32.1. The average Bonchev–Trinajstić information content (AvgIpc) is 3.01. The van der Waals surface area contributed by atoms with Gasteiger partial charge in [0.2, 0.25) is 5.91 Å². The molecule has 0 saturated carbocycles. The molecule has 1 N–H and O–H groups in total. The Bertz CT molecular complexity index is 858. The van der Waals surface area contributed by atoms with Gasteiger partial charge in [0.25, 0.3) is 0 Å². The minimum Gasteiger partial charge on any atom is -0.494 e. The van der Waals surface area contributed by atoms with Crippen molar-refractivity contribution in [3.05, 3.63) is 45.8 Å². The predicted molar refractivity (Wildman–Crippen MR) is 111 cm³/mol. The zero-order chi connectivity index (χ0) is 20.1. The van der Waals surface area contributed by atoms with Crippen LogP contribution in [0.15, 0.2) is 24.3 Å². The third kappa shape index (κ3) is 4.93. The molecule has 5 nitrogen and oxygen atoms in total.